The Bertz CT molecular complexity index is 667. The molecule has 0 spiro atoms. The fraction of sp³-hybridized carbons (Fsp3) is 0.286. The zero-order valence-electron chi connectivity index (χ0n) is 11.5. The summed E-state index contributed by atoms with van der Waals surface area (Å²) in [5.74, 6) is 0. The van der Waals surface area contributed by atoms with Gasteiger partial charge in [-0.3, -0.25) is 9.88 Å². The van der Waals surface area contributed by atoms with Gasteiger partial charge in [-0.2, -0.15) is 0 Å². The third kappa shape index (κ3) is 2.90. The molecule has 2 aromatic rings. The van der Waals surface area contributed by atoms with Crippen molar-refractivity contribution in [1.82, 2.24) is 4.57 Å². The lowest BCUT2D eigenvalue weighted by molar-refractivity contribution is 0.0636. The second-order valence-electron chi connectivity index (χ2n) is 5.33. The zero-order chi connectivity index (χ0) is 14.9. The monoisotopic (exact) mass is 276 g/mol. The first-order valence-corrected chi connectivity index (χ1v) is 6.11. The second-order valence-corrected chi connectivity index (χ2v) is 5.33. The van der Waals surface area contributed by atoms with Gasteiger partial charge in [0.15, 0.2) is 0 Å². The highest BCUT2D eigenvalue weighted by Crippen LogP contribution is 2.25. The molecule has 0 saturated carbocycles. The molecule has 0 radical (unpaired) electrons. The van der Waals surface area contributed by atoms with E-state index in [1.54, 1.807) is 45.0 Å². The number of anilines is 1. The Balaban J connectivity index is 2.32. The summed E-state index contributed by atoms with van der Waals surface area (Å²) in [6, 6.07) is 6.67. The third-order valence-corrected chi connectivity index (χ3v) is 2.57. The van der Waals surface area contributed by atoms with E-state index in [0.717, 1.165) is 4.57 Å². The van der Waals surface area contributed by atoms with E-state index in [0.29, 0.717) is 16.6 Å². The predicted molar refractivity (Wildman–Crippen MR) is 75.2 cm³/mol. The molecule has 0 aliphatic carbocycles. The second kappa shape index (κ2) is 4.88. The topological polar surface area (TPSA) is 80.6 Å². The van der Waals surface area contributed by atoms with E-state index < -0.39 is 17.8 Å². The van der Waals surface area contributed by atoms with Crippen LogP contribution in [0.25, 0.3) is 10.9 Å². The Morgan fingerprint density at radius 3 is 2.55 bits per heavy atom. The molecule has 0 saturated heterocycles. The fourth-order valence-corrected chi connectivity index (χ4v) is 1.86. The van der Waals surface area contributed by atoms with E-state index in [-0.39, 0.29) is 0 Å². The standard InChI is InChI=1S/C14H16N2O4/c1-14(2,3)20-12(17)15-10-5-4-6-11-9(10)7-8-16(11)13(18)19/h4-8H,1-3H3,(H,15,17)(H,18,19). The van der Waals surface area contributed by atoms with Gasteiger partial charge in [0.05, 0.1) is 11.2 Å². The lowest BCUT2D eigenvalue weighted by Crippen LogP contribution is -2.27. The molecule has 2 N–H and O–H groups in total. The van der Waals surface area contributed by atoms with Gasteiger partial charge in [-0.25, -0.2) is 9.59 Å². The van der Waals surface area contributed by atoms with Crippen LogP contribution in [0.4, 0.5) is 15.3 Å². The fourth-order valence-electron chi connectivity index (χ4n) is 1.86. The number of carbonyl (C=O) groups is 2. The molecule has 2 rings (SSSR count). The van der Waals surface area contributed by atoms with E-state index in [9.17, 15) is 9.59 Å². The van der Waals surface area contributed by atoms with Crippen LogP contribution in [0, 0.1) is 0 Å². The number of aromatic nitrogens is 1. The Labute approximate surface area is 116 Å². The number of ether oxygens (including phenoxy) is 1. The molecule has 1 aromatic heterocycles. The number of carbonyl (C=O) groups excluding carboxylic acids is 1. The van der Waals surface area contributed by atoms with E-state index in [2.05, 4.69) is 5.32 Å². The van der Waals surface area contributed by atoms with Crippen LogP contribution in [0.1, 0.15) is 20.8 Å². The number of fused-ring (bicyclic) bond motifs is 1. The van der Waals surface area contributed by atoms with Crippen LogP contribution >= 0.6 is 0 Å². The first-order chi connectivity index (χ1) is 9.28. The summed E-state index contributed by atoms with van der Waals surface area (Å²) in [4.78, 5) is 22.8. The summed E-state index contributed by atoms with van der Waals surface area (Å²) in [5.41, 5.74) is 0.424. The Hall–Kier alpha value is -2.50. The van der Waals surface area contributed by atoms with Crippen molar-refractivity contribution in [1.29, 1.82) is 0 Å². The summed E-state index contributed by atoms with van der Waals surface area (Å²) in [5, 5.41) is 12.3. The first kappa shape index (κ1) is 13.9. The van der Waals surface area contributed by atoms with Crippen molar-refractivity contribution in [2.75, 3.05) is 5.32 Å². The van der Waals surface area contributed by atoms with Crippen LogP contribution in [0.5, 0.6) is 0 Å². The molecule has 1 aromatic carbocycles. The lowest BCUT2D eigenvalue weighted by Gasteiger charge is -2.19. The van der Waals surface area contributed by atoms with Crippen LogP contribution in [0.2, 0.25) is 0 Å². The Kier molecular flexibility index (Phi) is 3.40. The molecule has 6 heteroatoms. The van der Waals surface area contributed by atoms with Crippen LogP contribution in [0.3, 0.4) is 0 Å². The molecule has 0 aliphatic heterocycles. The summed E-state index contributed by atoms with van der Waals surface area (Å²) in [7, 11) is 0. The molecule has 1 heterocycles. The van der Waals surface area contributed by atoms with Gasteiger partial charge in [0.1, 0.15) is 5.60 Å². The van der Waals surface area contributed by atoms with Crippen LogP contribution in [0.15, 0.2) is 30.5 Å². The Morgan fingerprint density at radius 2 is 1.95 bits per heavy atom. The highest BCUT2D eigenvalue weighted by Gasteiger charge is 2.17. The van der Waals surface area contributed by atoms with E-state index in [4.69, 9.17) is 9.84 Å². The van der Waals surface area contributed by atoms with Crippen molar-refractivity contribution in [2.24, 2.45) is 0 Å². The van der Waals surface area contributed by atoms with Crippen molar-refractivity contribution in [3.63, 3.8) is 0 Å². The van der Waals surface area contributed by atoms with Gasteiger partial charge in [-0.1, -0.05) is 6.07 Å². The van der Waals surface area contributed by atoms with Gasteiger partial charge < -0.3 is 9.84 Å². The van der Waals surface area contributed by atoms with Crippen molar-refractivity contribution in [3.05, 3.63) is 30.5 Å². The third-order valence-electron chi connectivity index (χ3n) is 2.57. The molecule has 0 unspecified atom stereocenters. The average Bonchev–Trinajstić information content (AvgIpc) is 2.71. The number of benzene rings is 1. The number of rotatable bonds is 1. The number of nitrogens with zero attached hydrogens (tertiary/aromatic N) is 1. The van der Waals surface area contributed by atoms with E-state index >= 15 is 0 Å². The summed E-state index contributed by atoms with van der Waals surface area (Å²) < 4.78 is 6.26. The van der Waals surface area contributed by atoms with Crippen LogP contribution in [-0.4, -0.2) is 27.5 Å². The highest BCUT2D eigenvalue weighted by atomic mass is 16.6. The minimum Gasteiger partial charge on any atom is -0.464 e. The normalized spacial score (nSPS) is 11.3. The molecule has 0 bridgehead atoms. The molecule has 0 fully saturated rings. The van der Waals surface area contributed by atoms with Crippen molar-refractivity contribution >= 4 is 28.8 Å². The lowest BCUT2D eigenvalue weighted by atomic mass is 10.2. The maximum Gasteiger partial charge on any atom is 0.416 e. The van der Waals surface area contributed by atoms with Gasteiger partial charge in [0, 0.05) is 11.6 Å². The number of carboxylic acid groups (broad SMARTS) is 1. The summed E-state index contributed by atoms with van der Waals surface area (Å²) in [6.07, 6.45) is -0.213. The van der Waals surface area contributed by atoms with Gasteiger partial charge in [0.25, 0.3) is 0 Å². The molecule has 6 nitrogen and oxygen atoms in total. The highest BCUT2D eigenvalue weighted by molar-refractivity contribution is 6.01. The van der Waals surface area contributed by atoms with Gasteiger partial charge in [-0.05, 0) is 39.0 Å². The number of amides is 1. The van der Waals surface area contributed by atoms with Crippen molar-refractivity contribution < 1.29 is 19.4 Å². The van der Waals surface area contributed by atoms with Gasteiger partial charge in [-0.15, -0.1) is 0 Å². The SMILES string of the molecule is CC(C)(C)OC(=O)Nc1cccc2c1ccn2C(=O)O. The number of hydrogen-bond acceptors (Lipinski definition) is 3. The van der Waals surface area contributed by atoms with Crippen LogP contribution in [-0.2, 0) is 4.74 Å². The number of nitrogens with one attached hydrogen (secondary N) is 1. The number of hydrogen-bond donors (Lipinski definition) is 2. The van der Waals surface area contributed by atoms with E-state index in [1.165, 1.54) is 6.20 Å². The molecule has 0 atom stereocenters. The predicted octanol–water partition coefficient (Wildman–Crippen LogP) is 3.51. The van der Waals surface area contributed by atoms with Gasteiger partial charge in [0.2, 0.25) is 0 Å². The minimum absolute atomic E-state index is 0.506. The largest absolute Gasteiger partial charge is 0.464 e. The zero-order valence-corrected chi connectivity index (χ0v) is 11.5. The minimum atomic E-state index is -1.07. The quantitative estimate of drug-likeness (QED) is 0.835. The smallest absolute Gasteiger partial charge is 0.416 e. The van der Waals surface area contributed by atoms with E-state index in [1.807, 2.05) is 0 Å². The maximum absolute atomic E-state index is 11.8. The first-order valence-electron chi connectivity index (χ1n) is 6.11. The van der Waals surface area contributed by atoms with Crippen LogP contribution < -0.4 is 5.32 Å². The van der Waals surface area contributed by atoms with Gasteiger partial charge >= 0.3 is 12.2 Å². The molecular weight excluding hydrogens is 260 g/mol. The molecular formula is C14H16N2O4. The maximum atomic E-state index is 11.8. The van der Waals surface area contributed by atoms with Crippen molar-refractivity contribution in [3.8, 4) is 0 Å². The molecule has 0 aliphatic rings. The molecule has 106 valence electrons. The molecule has 20 heavy (non-hydrogen) atoms. The summed E-state index contributed by atoms with van der Waals surface area (Å²) >= 11 is 0. The average molecular weight is 276 g/mol. The Morgan fingerprint density at radius 1 is 1.25 bits per heavy atom. The summed E-state index contributed by atoms with van der Waals surface area (Å²) in [6.45, 7) is 5.32. The van der Waals surface area contributed by atoms with Crippen molar-refractivity contribution in [2.45, 2.75) is 26.4 Å². The molecule has 1 amide bonds.